The summed E-state index contributed by atoms with van der Waals surface area (Å²) in [5.41, 5.74) is 0.736. The SMILES string of the molecule is COC1=C(c2ccc(OS(C)=O)cc2)C(C)(C)OC1=O. The van der Waals surface area contributed by atoms with Crippen molar-refractivity contribution in [1.29, 1.82) is 0 Å². The summed E-state index contributed by atoms with van der Waals surface area (Å²) in [5.74, 6) is 0.238. The summed E-state index contributed by atoms with van der Waals surface area (Å²) in [4.78, 5) is 11.7. The highest BCUT2D eigenvalue weighted by molar-refractivity contribution is 7.79. The second kappa shape index (κ2) is 5.28. The molecule has 0 radical (unpaired) electrons. The fourth-order valence-electron chi connectivity index (χ4n) is 2.18. The third-order valence-electron chi connectivity index (χ3n) is 2.92. The molecule has 1 aliphatic heterocycles. The van der Waals surface area contributed by atoms with Crippen molar-refractivity contribution < 1.29 is 22.7 Å². The van der Waals surface area contributed by atoms with Gasteiger partial charge in [-0.2, -0.15) is 0 Å². The molecule has 0 aromatic heterocycles. The Balaban J connectivity index is 2.41. The predicted molar refractivity (Wildman–Crippen MR) is 75.2 cm³/mol. The first kappa shape index (κ1) is 14.6. The Morgan fingerprint density at radius 1 is 1.20 bits per heavy atom. The number of benzene rings is 1. The van der Waals surface area contributed by atoms with Crippen LogP contribution in [0.3, 0.4) is 0 Å². The third-order valence-corrected chi connectivity index (χ3v) is 3.35. The van der Waals surface area contributed by atoms with Gasteiger partial charge in [-0.1, -0.05) is 12.1 Å². The van der Waals surface area contributed by atoms with E-state index in [1.54, 1.807) is 38.1 Å². The van der Waals surface area contributed by atoms with Crippen molar-refractivity contribution in [2.45, 2.75) is 19.4 Å². The third kappa shape index (κ3) is 2.70. The zero-order valence-corrected chi connectivity index (χ0v) is 12.6. The van der Waals surface area contributed by atoms with Crippen LogP contribution in [0.15, 0.2) is 30.0 Å². The van der Waals surface area contributed by atoms with E-state index in [-0.39, 0.29) is 5.76 Å². The van der Waals surface area contributed by atoms with E-state index in [0.717, 1.165) is 5.56 Å². The van der Waals surface area contributed by atoms with E-state index in [4.69, 9.17) is 13.7 Å². The van der Waals surface area contributed by atoms with Crippen molar-refractivity contribution in [2.75, 3.05) is 13.4 Å². The average molecular weight is 296 g/mol. The Kier molecular flexibility index (Phi) is 3.85. The number of carbonyl (C=O) groups is 1. The van der Waals surface area contributed by atoms with Crippen LogP contribution in [0.5, 0.6) is 5.75 Å². The second-order valence-corrected chi connectivity index (χ2v) is 5.79. The lowest BCUT2D eigenvalue weighted by molar-refractivity contribution is -0.146. The molecule has 0 saturated carbocycles. The highest BCUT2D eigenvalue weighted by Crippen LogP contribution is 2.40. The van der Waals surface area contributed by atoms with Gasteiger partial charge in [0.2, 0.25) is 16.8 Å². The van der Waals surface area contributed by atoms with Crippen LogP contribution in [0, 0.1) is 0 Å². The number of hydrogen-bond acceptors (Lipinski definition) is 5. The van der Waals surface area contributed by atoms with E-state index in [2.05, 4.69) is 0 Å². The fraction of sp³-hybridized carbons (Fsp3) is 0.357. The molecule has 20 heavy (non-hydrogen) atoms. The lowest BCUT2D eigenvalue weighted by atomic mass is 9.92. The van der Waals surface area contributed by atoms with Crippen LogP contribution in [0.2, 0.25) is 0 Å². The minimum Gasteiger partial charge on any atom is -0.490 e. The molecule has 1 aromatic carbocycles. The Labute approximate surface area is 120 Å². The van der Waals surface area contributed by atoms with Crippen molar-refractivity contribution in [3.05, 3.63) is 35.6 Å². The molecule has 6 heteroatoms. The Morgan fingerprint density at radius 3 is 2.30 bits per heavy atom. The molecule has 2 rings (SSSR count). The van der Waals surface area contributed by atoms with E-state index in [9.17, 15) is 9.00 Å². The maximum absolute atomic E-state index is 11.7. The zero-order valence-electron chi connectivity index (χ0n) is 11.8. The second-order valence-electron chi connectivity index (χ2n) is 4.82. The Hall–Kier alpha value is -1.82. The van der Waals surface area contributed by atoms with Gasteiger partial charge in [0.15, 0.2) is 0 Å². The molecule has 1 heterocycles. The standard InChI is InChI=1S/C14H16O5S/c1-14(2)11(12(17-3)13(15)18-14)9-5-7-10(8-6-9)19-20(4)16/h5-8H,1-4H3. The van der Waals surface area contributed by atoms with Gasteiger partial charge in [0.25, 0.3) is 0 Å². The van der Waals surface area contributed by atoms with Gasteiger partial charge in [-0.3, -0.25) is 0 Å². The van der Waals surface area contributed by atoms with Crippen LogP contribution in [0.4, 0.5) is 0 Å². The van der Waals surface area contributed by atoms with Crippen molar-refractivity contribution >= 4 is 22.6 Å². The van der Waals surface area contributed by atoms with Gasteiger partial charge >= 0.3 is 5.97 Å². The molecular weight excluding hydrogens is 280 g/mol. The molecule has 0 bridgehead atoms. The lowest BCUT2D eigenvalue weighted by Crippen LogP contribution is -2.22. The Morgan fingerprint density at radius 2 is 1.80 bits per heavy atom. The summed E-state index contributed by atoms with van der Waals surface area (Å²) in [7, 11) is 1.44. The topological polar surface area (TPSA) is 61.8 Å². The number of carbonyl (C=O) groups excluding carboxylic acids is 1. The molecule has 0 fully saturated rings. The molecule has 1 aliphatic rings. The van der Waals surface area contributed by atoms with Crippen LogP contribution in [-0.2, 0) is 25.3 Å². The van der Waals surface area contributed by atoms with Crippen molar-refractivity contribution in [1.82, 2.24) is 0 Å². The van der Waals surface area contributed by atoms with Gasteiger partial charge in [0, 0.05) is 6.26 Å². The summed E-state index contributed by atoms with van der Waals surface area (Å²) < 4.78 is 26.5. The molecule has 0 N–H and O–H groups in total. The van der Waals surface area contributed by atoms with Gasteiger partial charge in [-0.15, -0.1) is 0 Å². The highest BCUT2D eigenvalue weighted by Gasteiger charge is 2.42. The van der Waals surface area contributed by atoms with E-state index >= 15 is 0 Å². The molecule has 0 aliphatic carbocycles. The van der Waals surface area contributed by atoms with Crippen molar-refractivity contribution in [3.8, 4) is 5.75 Å². The first-order chi connectivity index (χ1) is 9.35. The maximum atomic E-state index is 11.7. The number of rotatable bonds is 4. The number of esters is 1. The summed E-state index contributed by atoms with van der Waals surface area (Å²) >= 11 is -1.37. The first-order valence-corrected chi connectivity index (χ1v) is 7.47. The molecule has 108 valence electrons. The van der Waals surface area contributed by atoms with Gasteiger partial charge in [0.05, 0.1) is 12.7 Å². The van der Waals surface area contributed by atoms with Gasteiger partial charge in [-0.05, 0) is 31.5 Å². The zero-order chi connectivity index (χ0) is 14.9. The van der Waals surface area contributed by atoms with Crippen LogP contribution in [0.1, 0.15) is 19.4 Å². The fourth-order valence-corrected chi connectivity index (χ4v) is 2.56. The predicted octanol–water partition coefficient (Wildman–Crippen LogP) is 2.05. The average Bonchev–Trinajstić information content (AvgIpc) is 2.58. The molecular formula is C14H16O5S. The normalized spacial score (nSPS) is 18.7. The molecule has 0 saturated heterocycles. The van der Waals surface area contributed by atoms with Crippen molar-refractivity contribution in [2.24, 2.45) is 0 Å². The summed E-state index contributed by atoms with van der Waals surface area (Å²) in [6.45, 7) is 3.61. The van der Waals surface area contributed by atoms with Crippen LogP contribution >= 0.6 is 0 Å². The Bertz CT molecular complexity index is 586. The van der Waals surface area contributed by atoms with Gasteiger partial charge < -0.3 is 13.7 Å². The molecule has 1 unspecified atom stereocenters. The number of cyclic esters (lactones) is 1. The largest absolute Gasteiger partial charge is 0.490 e. The first-order valence-electron chi connectivity index (χ1n) is 5.99. The lowest BCUT2D eigenvalue weighted by Gasteiger charge is -2.21. The quantitative estimate of drug-likeness (QED) is 0.796. The molecule has 1 aromatic rings. The number of methoxy groups -OCH3 is 1. The highest BCUT2D eigenvalue weighted by atomic mass is 32.2. The van der Waals surface area contributed by atoms with Gasteiger partial charge in [-0.25, -0.2) is 9.00 Å². The van der Waals surface area contributed by atoms with Crippen LogP contribution in [0.25, 0.3) is 5.57 Å². The molecule has 0 spiro atoms. The molecule has 1 atom stereocenters. The monoisotopic (exact) mass is 296 g/mol. The number of hydrogen-bond donors (Lipinski definition) is 0. The maximum Gasteiger partial charge on any atom is 0.374 e. The van der Waals surface area contributed by atoms with E-state index in [1.807, 2.05) is 0 Å². The van der Waals surface area contributed by atoms with E-state index in [1.165, 1.54) is 13.4 Å². The molecule has 5 nitrogen and oxygen atoms in total. The minimum atomic E-state index is -1.37. The summed E-state index contributed by atoms with van der Waals surface area (Å²) in [6.07, 6.45) is 1.45. The summed E-state index contributed by atoms with van der Waals surface area (Å²) in [5, 5.41) is 0. The minimum absolute atomic E-state index is 0.211. The van der Waals surface area contributed by atoms with Crippen molar-refractivity contribution in [3.63, 3.8) is 0 Å². The smallest absolute Gasteiger partial charge is 0.374 e. The van der Waals surface area contributed by atoms with Crippen LogP contribution in [-0.4, -0.2) is 29.1 Å². The van der Waals surface area contributed by atoms with E-state index < -0.39 is 22.7 Å². The summed E-state index contributed by atoms with van der Waals surface area (Å²) in [6, 6.07) is 6.94. The van der Waals surface area contributed by atoms with E-state index in [0.29, 0.717) is 11.3 Å². The number of ether oxygens (including phenoxy) is 2. The molecule has 0 amide bonds. The van der Waals surface area contributed by atoms with Gasteiger partial charge in [0.1, 0.15) is 11.4 Å². The van der Waals surface area contributed by atoms with Crippen LogP contribution < -0.4 is 4.18 Å².